The van der Waals surface area contributed by atoms with Gasteiger partial charge in [-0.1, -0.05) is 154 Å². The van der Waals surface area contributed by atoms with Crippen molar-refractivity contribution in [3.63, 3.8) is 0 Å². The van der Waals surface area contributed by atoms with Crippen LogP contribution in [-0.4, -0.2) is 26.4 Å². The highest BCUT2D eigenvalue weighted by atomic mass is 32.1. The molecule has 2 aromatic heterocycles. The van der Waals surface area contributed by atoms with Gasteiger partial charge in [-0.25, -0.2) is 0 Å². The lowest BCUT2D eigenvalue weighted by Gasteiger charge is -2.20. The van der Waals surface area contributed by atoms with Gasteiger partial charge in [0.2, 0.25) is 0 Å². The summed E-state index contributed by atoms with van der Waals surface area (Å²) < 4.78 is 26.8. The van der Waals surface area contributed by atoms with Gasteiger partial charge < -0.3 is 18.9 Å². The van der Waals surface area contributed by atoms with Gasteiger partial charge in [-0.05, 0) is 110 Å². The average Bonchev–Trinajstić information content (AvgIpc) is 4.01. The Labute approximate surface area is 410 Å². The molecule has 0 aliphatic carbocycles. The molecule has 6 heteroatoms. The van der Waals surface area contributed by atoms with Crippen molar-refractivity contribution in [2.24, 2.45) is 0 Å². The number of rotatable bonds is 41. The quantitative estimate of drug-likeness (QED) is 0.0328. The smallest absolute Gasteiger partial charge is 0.131 e. The Morgan fingerprint density at radius 3 is 0.939 bits per heavy atom. The Morgan fingerprint density at radius 1 is 0.394 bits per heavy atom. The van der Waals surface area contributed by atoms with Crippen LogP contribution in [0.15, 0.2) is 97.8 Å². The number of hydrogen-bond donors (Lipinski definition) is 0. The summed E-state index contributed by atoms with van der Waals surface area (Å²) in [6, 6.07) is 13.6. The summed E-state index contributed by atoms with van der Waals surface area (Å²) in [6.07, 6.45) is 39.1. The zero-order chi connectivity index (χ0) is 46.9. The molecule has 0 atom stereocenters. The van der Waals surface area contributed by atoms with Gasteiger partial charge in [0, 0.05) is 11.1 Å². The summed E-state index contributed by atoms with van der Waals surface area (Å²) in [6.45, 7) is 22.7. The normalized spacial score (nSPS) is 11.1. The fraction of sp³-hybridized carbons (Fsp3) is 0.533. The number of ether oxygens (including phenoxy) is 4. The lowest BCUT2D eigenvalue weighted by molar-refractivity contribution is 0.310. The Kier molecular flexibility index (Phi) is 28.4. The molecule has 0 aliphatic rings. The maximum atomic E-state index is 6.69. The van der Waals surface area contributed by atoms with Crippen LogP contribution in [-0.2, 0) is 12.8 Å². The van der Waals surface area contributed by atoms with Crippen LogP contribution in [0.3, 0.4) is 0 Å². The van der Waals surface area contributed by atoms with Crippen molar-refractivity contribution in [3.05, 3.63) is 109 Å². The van der Waals surface area contributed by atoms with Crippen molar-refractivity contribution in [2.45, 2.75) is 181 Å². The van der Waals surface area contributed by atoms with Gasteiger partial charge in [0.1, 0.15) is 23.0 Å². The van der Waals surface area contributed by atoms with Crippen LogP contribution in [0.25, 0.3) is 32.0 Å². The van der Waals surface area contributed by atoms with Crippen LogP contribution < -0.4 is 18.9 Å². The van der Waals surface area contributed by atoms with E-state index in [0.29, 0.717) is 26.4 Å². The van der Waals surface area contributed by atoms with Gasteiger partial charge in [-0.3, -0.25) is 0 Å². The highest BCUT2D eigenvalue weighted by molar-refractivity contribution is 7.21. The van der Waals surface area contributed by atoms with Crippen LogP contribution in [0, 0.1) is 0 Å². The van der Waals surface area contributed by atoms with Crippen molar-refractivity contribution in [1.29, 1.82) is 0 Å². The molecule has 4 aromatic rings. The minimum Gasteiger partial charge on any atom is -0.492 e. The van der Waals surface area contributed by atoms with E-state index in [-0.39, 0.29) is 0 Å². The van der Waals surface area contributed by atoms with Gasteiger partial charge >= 0.3 is 0 Å². The van der Waals surface area contributed by atoms with Crippen LogP contribution in [0.4, 0.5) is 0 Å². The predicted molar refractivity (Wildman–Crippen MR) is 291 cm³/mol. The first kappa shape index (κ1) is 54.6. The van der Waals surface area contributed by atoms with Crippen molar-refractivity contribution in [2.75, 3.05) is 26.4 Å². The zero-order valence-corrected chi connectivity index (χ0v) is 43.1. The Bertz CT molecular complexity index is 1740. The van der Waals surface area contributed by atoms with Gasteiger partial charge in [0.05, 0.1) is 47.3 Å². The molecule has 0 N–H and O–H groups in total. The highest BCUT2D eigenvalue weighted by Gasteiger charge is 2.26. The van der Waals surface area contributed by atoms with E-state index in [1.54, 1.807) is 22.7 Å². The van der Waals surface area contributed by atoms with E-state index in [9.17, 15) is 0 Å². The lowest BCUT2D eigenvalue weighted by atomic mass is 9.95. The maximum Gasteiger partial charge on any atom is 0.131 e. The molecular weight excluding hydrogens is 849 g/mol. The number of thiophene rings is 2. The van der Waals surface area contributed by atoms with E-state index in [1.165, 1.54) is 136 Å². The van der Waals surface area contributed by atoms with Crippen LogP contribution in [0.1, 0.15) is 179 Å². The van der Waals surface area contributed by atoms with Crippen LogP contribution >= 0.6 is 22.7 Å². The summed E-state index contributed by atoms with van der Waals surface area (Å²) in [4.78, 5) is 2.35. The molecule has 4 rings (SSSR count). The van der Waals surface area contributed by atoms with Crippen LogP contribution in [0.5, 0.6) is 23.0 Å². The number of aryl methyl sites for hydroxylation is 2. The van der Waals surface area contributed by atoms with Gasteiger partial charge in [-0.15, -0.1) is 49.0 Å². The Hall–Kier alpha value is -4.00. The van der Waals surface area contributed by atoms with Gasteiger partial charge in [-0.2, -0.15) is 0 Å². The fourth-order valence-electron chi connectivity index (χ4n) is 8.57. The SMILES string of the molecule is C=CCCOc1cc(CCCCCCCCCCCC)cc(OCCC=C)c1-c1ccsc1-c1sccc1-c1c(OCCC=C)cc(CCCCCCCCCCCC)cc1OCCC=C. The van der Waals surface area contributed by atoms with Crippen molar-refractivity contribution in [3.8, 4) is 55.0 Å². The first-order chi connectivity index (χ1) is 32.6. The average molecular weight is 935 g/mol. The van der Waals surface area contributed by atoms with Crippen LogP contribution in [0.2, 0.25) is 0 Å². The minimum atomic E-state index is 0.552. The maximum absolute atomic E-state index is 6.69. The molecular formula is C60H86O4S2. The van der Waals surface area contributed by atoms with E-state index >= 15 is 0 Å². The first-order valence-electron chi connectivity index (χ1n) is 26.0. The van der Waals surface area contributed by atoms with E-state index in [0.717, 1.165) is 96.6 Å². The third kappa shape index (κ3) is 19.3. The second-order valence-corrected chi connectivity index (χ2v) is 19.7. The molecule has 4 nitrogen and oxygen atoms in total. The van der Waals surface area contributed by atoms with Crippen molar-refractivity contribution < 1.29 is 18.9 Å². The molecule has 0 radical (unpaired) electrons. The number of hydrogen-bond acceptors (Lipinski definition) is 6. The lowest BCUT2D eigenvalue weighted by Crippen LogP contribution is -2.04. The molecule has 0 amide bonds. The molecule has 66 heavy (non-hydrogen) atoms. The summed E-state index contributed by atoms with van der Waals surface area (Å²) in [5.41, 5.74) is 6.74. The first-order valence-corrected chi connectivity index (χ1v) is 27.8. The molecule has 0 saturated heterocycles. The van der Waals surface area contributed by atoms with E-state index in [1.807, 2.05) is 24.3 Å². The second-order valence-electron chi connectivity index (χ2n) is 17.8. The molecule has 0 fully saturated rings. The Morgan fingerprint density at radius 2 is 0.667 bits per heavy atom. The molecule has 2 aromatic carbocycles. The molecule has 0 spiro atoms. The number of unbranched alkanes of at least 4 members (excludes halogenated alkanes) is 18. The molecule has 0 unspecified atom stereocenters. The third-order valence-corrected chi connectivity index (χ3v) is 14.3. The van der Waals surface area contributed by atoms with E-state index in [4.69, 9.17) is 18.9 Å². The minimum absolute atomic E-state index is 0.552. The van der Waals surface area contributed by atoms with E-state index in [2.05, 4.69) is 87.3 Å². The number of benzene rings is 2. The molecule has 0 saturated carbocycles. The summed E-state index contributed by atoms with van der Waals surface area (Å²) in [7, 11) is 0. The van der Waals surface area contributed by atoms with Crippen molar-refractivity contribution >= 4 is 22.7 Å². The molecule has 362 valence electrons. The van der Waals surface area contributed by atoms with E-state index < -0.39 is 0 Å². The van der Waals surface area contributed by atoms with Gasteiger partial charge in [0.15, 0.2) is 0 Å². The third-order valence-electron chi connectivity index (χ3n) is 12.3. The standard InChI is InChI=1S/C60H86O4S2/c1-7-13-19-21-23-25-27-29-31-33-35-49-45-53(61-39-15-9-3)57(54(46-49)62-40-16-10-4)51-37-43-65-59(51)60-52(38-44-66-60)58-55(63-41-17-11-5)47-50(48-56(58)64-42-18-12-6)36-34-32-30-28-26-24-22-20-14-8-2/h9-12,37-38,43-48H,3-8,13-36,39-42H2,1-2H3. The fourth-order valence-corrected chi connectivity index (χ4v) is 10.6. The zero-order valence-electron chi connectivity index (χ0n) is 41.4. The van der Waals surface area contributed by atoms with Crippen molar-refractivity contribution in [1.82, 2.24) is 0 Å². The molecule has 2 heterocycles. The predicted octanol–water partition coefficient (Wildman–Crippen LogP) is 19.6. The Balaban J connectivity index is 1.68. The molecule has 0 aliphatic heterocycles. The highest BCUT2D eigenvalue weighted by Crippen LogP contribution is 2.53. The topological polar surface area (TPSA) is 36.9 Å². The summed E-state index contributed by atoms with van der Waals surface area (Å²) in [5.74, 6) is 3.47. The van der Waals surface area contributed by atoms with Gasteiger partial charge in [0.25, 0.3) is 0 Å². The molecule has 0 bridgehead atoms. The second kappa shape index (κ2) is 34.3. The summed E-state index contributed by atoms with van der Waals surface area (Å²) in [5, 5.41) is 4.40. The largest absolute Gasteiger partial charge is 0.492 e. The summed E-state index contributed by atoms with van der Waals surface area (Å²) >= 11 is 3.52. The monoisotopic (exact) mass is 935 g/mol.